The highest BCUT2D eigenvalue weighted by atomic mass is 16.2. The van der Waals surface area contributed by atoms with Gasteiger partial charge in [0.2, 0.25) is 0 Å². The molecule has 0 aliphatic carbocycles. The average molecular weight is 231 g/mol. The maximum atomic E-state index is 11.9. The number of hydrogen-bond acceptors (Lipinski definition) is 2. The molecule has 4 heteroatoms. The number of benzene rings is 1. The van der Waals surface area contributed by atoms with E-state index in [4.69, 9.17) is 0 Å². The molecule has 4 nitrogen and oxygen atoms in total. The van der Waals surface area contributed by atoms with E-state index in [-0.39, 0.29) is 18.1 Å². The van der Waals surface area contributed by atoms with Crippen LogP contribution in [0.3, 0.4) is 0 Å². The van der Waals surface area contributed by atoms with E-state index < -0.39 is 0 Å². The molecule has 0 spiro atoms. The van der Waals surface area contributed by atoms with Crippen molar-refractivity contribution in [3.8, 4) is 0 Å². The first-order valence-corrected chi connectivity index (χ1v) is 5.85. The van der Waals surface area contributed by atoms with Crippen LogP contribution in [0.1, 0.15) is 31.9 Å². The van der Waals surface area contributed by atoms with E-state index in [1.165, 1.54) is 5.01 Å². The Morgan fingerprint density at radius 2 is 2.12 bits per heavy atom. The van der Waals surface area contributed by atoms with Crippen molar-refractivity contribution in [1.82, 2.24) is 10.3 Å². The topological polar surface area (TPSA) is 44.7 Å². The molecular weight excluding hydrogens is 214 g/mol. The summed E-state index contributed by atoms with van der Waals surface area (Å²) in [5, 5.41) is 8.52. The van der Waals surface area contributed by atoms with E-state index in [2.05, 4.69) is 10.4 Å². The highest BCUT2D eigenvalue weighted by Gasteiger charge is 2.28. The number of rotatable bonds is 2. The molecule has 90 valence electrons. The monoisotopic (exact) mass is 231 g/mol. The molecule has 1 heterocycles. The minimum absolute atomic E-state index is 0.0231. The third-order valence-corrected chi connectivity index (χ3v) is 2.63. The van der Waals surface area contributed by atoms with Crippen LogP contribution in [-0.2, 0) is 0 Å². The van der Waals surface area contributed by atoms with Crippen molar-refractivity contribution < 1.29 is 4.79 Å². The molecule has 17 heavy (non-hydrogen) atoms. The fourth-order valence-corrected chi connectivity index (χ4v) is 1.87. The van der Waals surface area contributed by atoms with Gasteiger partial charge in [-0.15, -0.1) is 0 Å². The summed E-state index contributed by atoms with van der Waals surface area (Å²) in [6, 6.07) is 9.98. The van der Waals surface area contributed by atoms with Gasteiger partial charge in [0.1, 0.15) is 0 Å². The third-order valence-electron chi connectivity index (χ3n) is 2.63. The predicted octanol–water partition coefficient (Wildman–Crippen LogP) is 2.54. The second kappa shape index (κ2) is 4.99. The number of urea groups is 1. The van der Waals surface area contributed by atoms with E-state index in [9.17, 15) is 4.79 Å². The van der Waals surface area contributed by atoms with Crippen molar-refractivity contribution in [2.75, 3.05) is 0 Å². The van der Waals surface area contributed by atoms with Gasteiger partial charge in [0, 0.05) is 18.7 Å². The van der Waals surface area contributed by atoms with Gasteiger partial charge in [0.15, 0.2) is 0 Å². The van der Waals surface area contributed by atoms with Gasteiger partial charge in [-0.1, -0.05) is 30.3 Å². The molecule has 0 bridgehead atoms. The number of amides is 2. The van der Waals surface area contributed by atoms with Crippen LogP contribution in [0.2, 0.25) is 0 Å². The minimum Gasteiger partial charge on any atom is -0.334 e. The zero-order valence-corrected chi connectivity index (χ0v) is 10.1. The van der Waals surface area contributed by atoms with Crippen LogP contribution in [0.4, 0.5) is 4.79 Å². The van der Waals surface area contributed by atoms with Crippen LogP contribution in [-0.4, -0.2) is 23.3 Å². The number of nitrogens with one attached hydrogen (secondary N) is 1. The Morgan fingerprint density at radius 3 is 2.76 bits per heavy atom. The largest absolute Gasteiger partial charge is 0.338 e. The lowest BCUT2D eigenvalue weighted by Crippen LogP contribution is -2.40. The van der Waals surface area contributed by atoms with E-state index >= 15 is 0 Å². The van der Waals surface area contributed by atoms with Crippen molar-refractivity contribution >= 4 is 12.2 Å². The fourth-order valence-electron chi connectivity index (χ4n) is 1.87. The smallest absolute Gasteiger partial charge is 0.334 e. The maximum Gasteiger partial charge on any atom is 0.338 e. The van der Waals surface area contributed by atoms with E-state index in [1.54, 1.807) is 6.21 Å². The summed E-state index contributed by atoms with van der Waals surface area (Å²) in [7, 11) is 0. The molecule has 2 rings (SSSR count). The minimum atomic E-state index is -0.136. The standard InChI is InChI=1S/C13H17N3O/c1-10(2)15-13(17)16-12(8-9-14-16)11-6-4-3-5-7-11/h3-7,9-10,12H,8H2,1-2H3,(H,15,17). The third kappa shape index (κ3) is 2.64. The van der Waals surface area contributed by atoms with Gasteiger partial charge in [-0.25, -0.2) is 9.80 Å². The van der Waals surface area contributed by atoms with Gasteiger partial charge in [0.25, 0.3) is 0 Å². The molecular formula is C13H17N3O. The normalized spacial score (nSPS) is 18.8. The Labute approximate surface area is 101 Å². The van der Waals surface area contributed by atoms with Crippen LogP contribution in [0.5, 0.6) is 0 Å². The Kier molecular flexibility index (Phi) is 3.42. The van der Waals surface area contributed by atoms with Gasteiger partial charge in [-0.05, 0) is 19.4 Å². The van der Waals surface area contributed by atoms with Crippen LogP contribution < -0.4 is 5.32 Å². The summed E-state index contributed by atoms with van der Waals surface area (Å²) < 4.78 is 0. The lowest BCUT2D eigenvalue weighted by atomic mass is 10.1. The summed E-state index contributed by atoms with van der Waals surface area (Å²) in [4.78, 5) is 11.9. The van der Waals surface area contributed by atoms with Crippen LogP contribution in [0.25, 0.3) is 0 Å². The van der Waals surface area contributed by atoms with Gasteiger partial charge < -0.3 is 5.32 Å². The molecule has 0 saturated heterocycles. The lowest BCUT2D eigenvalue weighted by molar-refractivity contribution is 0.183. The highest BCUT2D eigenvalue weighted by molar-refractivity contribution is 5.78. The molecule has 1 aromatic carbocycles. The van der Waals surface area contributed by atoms with Gasteiger partial charge in [-0.2, -0.15) is 5.10 Å². The summed E-state index contributed by atoms with van der Waals surface area (Å²) in [5.41, 5.74) is 1.11. The SMILES string of the molecule is CC(C)NC(=O)N1N=CCC1c1ccccc1. The first kappa shape index (κ1) is 11.6. The van der Waals surface area contributed by atoms with E-state index in [1.807, 2.05) is 44.2 Å². The van der Waals surface area contributed by atoms with Crippen LogP contribution in [0.15, 0.2) is 35.4 Å². The Morgan fingerprint density at radius 1 is 1.41 bits per heavy atom. The lowest BCUT2D eigenvalue weighted by Gasteiger charge is -2.23. The van der Waals surface area contributed by atoms with Crippen LogP contribution >= 0.6 is 0 Å². The molecule has 0 radical (unpaired) electrons. The Bertz CT molecular complexity index is 414. The predicted molar refractivity (Wildman–Crippen MR) is 67.8 cm³/mol. The molecule has 0 fully saturated rings. The quantitative estimate of drug-likeness (QED) is 0.835. The molecule has 1 aromatic rings. The molecule has 1 aliphatic heterocycles. The average Bonchev–Trinajstić information content (AvgIpc) is 2.78. The molecule has 0 saturated carbocycles. The molecule has 1 N–H and O–H groups in total. The second-order valence-electron chi connectivity index (χ2n) is 4.41. The van der Waals surface area contributed by atoms with E-state index in [0.29, 0.717) is 0 Å². The van der Waals surface area contributed by atoms with E-state index in [0.717, 1.165) is 12.0 Å². The number of hydrazone groups is 1. The number of nitrogens with zero attached hydrogens (tertiary/aromatic N) is 2. The van der Waals surface area contributed by atoms with Crippen LogP contribution in [0, 0.1) is 0 Å². The summed E-state index contributed by atoms with van der Waals surface area (Å²) in [6.45, 7) is 3.88. The van der Waals surface area contributed by atoms with Crippen molar-refractivity contribution in [3.05, 3.63) is 35.9 Å². The molecule has 2 amide bonds. The van der Waals surface area contributed by atoms with Crippen molar-refractivity contribution in [2.24, 2.45) is 5.10 Å². The van der Waals surface area contributed by atoms with Crippen molar-refractivity contribution in [1.29, 1.82) is 0 Å². The van der Waals surface area contributed by atoms with Crippen molar-refractivity contribution in [2.45, 2.75) is 32.4 Å². The number of carbonyl (C=O) groups excluding carboxylic acids is 1. The summed E-state index contributed by atoms with van der Waals surface area (Å²) in [5.74, 6) is 0. The fraction of sp³-hybridized carbons (Fsp3) is 0.385. The van der Waals surface area contributed by atoms with Gasteiger partial charge in [-0.3, -0.25) is 0 Å². The maximum absolute atomic E-state index is 11.9. The summed E-state index contributed by atoms with van der Waals surface area (Å²) >= 11 is 0. The zero-order chi connectivity index (χ0) is 12.3. The molecule has 0 aromatic heterocycles. The Hall–Kier alpha value is -1.84. The zero-order valence-electron chi connectivity index (χ0n) is 10.1. The molecule has 1 atom stereocenters. The Balaban J connectivity index is 2.12. The van der Waals surface area contributed by atoms with Gasteiger partial charge >= 0.3 is 6.03 Å². The number of hydrogen-bond donors (Lipinski definition) is 1. The molecule has 1 unspecified atom stereocenters. The first-order valence-electron chi connectivity index (χ1n) is 5.85. The molecule has 1 aliphatic rings. The highest BCUT2D eigenvalue weighted by Crippen LogP contribution is 2.27. The second-order valence-corrected chi connectivity index (χ2v) is 4.41. The van der Waals surface area contributed by atoms with Gasteiger partial charge in [0.05, 0.1) is 6.04 Å². The van der Waals surface area contributed by atoms with Crippen molar-refractivity contribution in [3.63, 3.8) is 0 Å². The first-order chi connectivity index (χ1) is 8.18. The summed E-state index contributed by atoms with van der Waals surface area (Å²) in [6.07, 6.45) is 2.56. The number of carbonyl (C=O) groups is 1.